The maximum absolute atomic E-state index is 13.5. The van der Waals surface area contributed by atoms with E-state index in [0.717, 1.165) is 16.0 Å². The number of urea groups is 1. The number of amides is 4. The molecule has 0 aliphatic carbocycles. The standard InChI is InChI=1S/C25H18ClFN2O4/c1-33-22-13-16(8-9-17(22)10-15-4-2-6-19(27)11-15)12-21-23(30)28-25(32)29(24(21)31)20-7-3-5-18(26)14-20/h2-9,11-14H,10H2,1H3,(H,28,30,32)/b21-12+. The first kappa shape index (κ1) is 22.2. The molecule has 0 spiro atoms. The summed E-state index contributed by atoms with van der Waals surface area (Å²) in [6, 6.07) is 16.8. The molecule has 1 aliphatic heterocycles. The van der Waals surface area contributed by atoms with Crippen LogP contribution in [0.2, 0.25) is 5.02 Å². The van der Waals surface area contributed by atoms with Crippen LogP contribution in [0.1, 0.15) is 16.7 Å². The van der Waals surface area contributed by atoms with E-state index in [1.807, 2.05) is 6.07 Å². The van der Waals surface area contributed by atoms with Crippen molar-refractivity contribution < 1.29 is 23.5 Å². The molecule has 1 fully saturated rings. The van der Waals surface area contributed by atoms with E-state index >= 15 is 0 Å². The lowest BCUT2D eigenvalue weighted by molar-refractivity contribution is -0.122. The second kappa shape index (κ2) is 9.26. The van der Waals surface area contributed by atoms with Crippen molar-refractivity contribution in [3.63, 3.8) is 0 Å². The van der Waals surface area contributed by atoms with Gasteiger partial charge in [0.05, 0.1) is 12.8 Å². The van der Waals surface area contributed by atoms with Gasteiger partial charge in [0.25, 0.3) is 11.8 Å². The molecule has 3 aromatic rings. The summed E-state index contributed by atoms with van der Waals surface area (Å²) in [7, 11) is 1.50. The number of nitrogens with zero attached hydrogens (tertiary/aromatic N) is 1. The minimum Gasteiger partial charge on any atom is -0.496 e. The summed E-state index contributed by atoms with van der Waals surface area (Å²) in [6.07, 6.45) is 1.82. The molecule has 0 radical (unpaired) electrons. The zero-order valence-electron chi connectivity index (χ0n) is 17.5. The Balaban J connectivity index is 1.66. The molecule has 0 atom stereocenters. The Kier molecular flexibility index (Phi) is 6.24. The number of halogens is 2. The molecule has 8 heteroatoms. The Morgan fingerprint density at radius 3 is 2.55 bits per heavy atom. The molecule has 0 unspecified atom stereocenters. The van der Waals surface area contributed by atoms with Gasteiger partial charge in [0.2, 0.25) is 0 Å². The summed E-state index contributed by atoms with van der Waals surface area (Å²) in [4.78, 5) is 38.6. The van der Waals surface area contributed by atoms with Crippen molar-refractivity contribution in [3.8, 4) is 5.75 Å². The van der Waals surface area contributed by atoms with E-state index in [4.69, 9.17) is 16.3 Å². The second-order valence-corrected chi connectivity index (χ2v) is 7.75. The summed E-state index contributed by atoms with van der Waals surface area (Å²) in [5.41, 5.74) is 2.13. The van der Waals surface area contributed by atoms with E-state index in [2.05, 4.69) is 5.32 Å². The number of benzene rings is 3. The van der Waals surface area contributed by atoms with Crippen molar-refractivity contribution in [2.75, 3.05) is 12.0 Å². The Morgan fingerprint density at radius 1 is 1.03 bits per heavy atom. The van der Waals surface area contributed by atoms with Gasteiger partial charge >= 0.3 is 6.03 Å². The van der Waals surface area contributed by atoms with Crippen molar-refractivity contribution >= 4 is 41.2 Å². The molecule has 0 aromatic heterocycles. The van der Waals surface area contributed by atoms with E-state index in [0.29, 0.717) is 22.8 Å². The quantitative estimate of drug-likeness (QED) is 0.437. The zero-order valence-corrected chi connectivity index (χ0v) is 18.2. The average Bonchev–Trinajstić information content (AvgIpc) is 2.77. The van der Waals surface area contributed by atoms with Crippen LogP contribution in [-0.4, -0.2) is 25.0 Å². The zero-order chi connectivity index (χ0) is 23.5. The number of nitrogens with one attached hydrogen (secondary N) is 1. The Morgan fingerprint density at radius 2 is 1.82 bits per heavy atom. The molecule has 166 valence electrons. The van der Waals surface area contributed by atoms with Gasteiger partial charge in [-0.2, -0.15) is 0 Å². The highest BCUT2D eigenvalue weighted by Crippen LogP contribution is 2.27. The molecular weight excluding hydrogens is 447 g/mol. The summed E-state index contributed by atoms with van der Waals surface area (Å²) in [5, 5.41) is 2.52. The molecule has 1 N–H and O–H groups in total. The molecule has 1 heterocycles. The summed E-state index contributed by atoms with van der Waals surface area (Å²) >= 11 is 5.98. The first-order valence-electron chi connectivity index (χ1n) is 9.94. The first-order chi connectivity index (χ1) is 15.9. The van der Waals surface area contributed by atoms with E-state index in [1.54, 1.807) is 42.5 Å². The van der Waals surface area contributed by atoms with Gasteiger partial charge in [-0.3, -0.25) is 14.9 Å². The van der Waals surface area contributed by atoms with Crippen molar-refractivity contribution in [3.05, 3.63) is 99.8 Å². The van der Waals surface area contributed by atoms with Gasteiger partial charge in [0, 0.05) is 11.4 Å². The maximum Gasteiger partial charge on any atom is 0.335 e. The molecule has 1 aliphatic rings. The van der Waals surface area contributed by atoms with Gasteiger partial charge < -0.3 is 4.74 Å². The summed E-state index contributed by atoms with van der Waals surface area (Å²) in [5.74, 6) is -1.38. The fourth-order valence-corrected chi connectivity index (χ4v) is 3.72. The predicted octanol–water partition coefficient (Wildman–Crippen LogP) is 4.74. The van der Waals surface area contributed by atoms with Gasteiger partial charge in [-0.05, 0) is 59.2 Å². The minimum absolute atomic E-state index is 0.213. The summed E-state index contributed by atoms with van der Waals surface area (Å²) in [6.45, 7) is 0. The highest BCUT2D eigenvalue weighted by Gasteiger charge is 2.36. The van der Waals surface area contributed by atoms with E-state index < -0.39 is 17.8 Å². The molecule has 1 saturated heterocycles. The van der Waals surface area contributed by atoms with E-state index in [9.17, 15) is 18.8 Å². The third-order valence-electron chi connectivity index (χ3n) is 5.07. The normalized spacial score (nSPS) is 15.1. The Bertz CT molecular complexity index is 1310. The molecule has 33 heavy (non-hydrogen) atoms. The molecule has 0 bridgehead atoms. The van der Waals surface area contributed by atoms with Crippen molar-refractivity contribution in [2.24, 2.45) is 0 Å². The highest BCUT2D eigenvalue weighted by molar-refractivity contribution is 6.39. The third-order valence-corrected chi connectivity index (χ3v) is 5.31. The summed E-state index contributed by atoms with van der Waals surface area (Å²) < 4.78 is 19.0. The first-order valence-corrected chi connectivity index (χ1v) is 10.3. The van der Waals surface area contributed by atoms with Gasteiger partial charge in [-0.15, -0.1) is 0 Å². The molecule has 4 amide bonds. The topological polar surface area (TPSA) is 75.7 Å². The fraction of sp³-hybridized carbons (Fsp3) is 0.0800. The van der Waals surface area contributed by atoms with E-state index in [-0.39, 0.29) is 17.1 Å². The van der Waals surface area contributed by atoms with Gasteiger partial charge in [-0.1, -0.05) is 41.9 Å². The SMILES string of the molecule is COc1cc(/C=C2\C(=O)NC(=O)N(c3cccc(Cl)c3)C2=O)ccc1Cc1cccc(F)c1. The molecule has 0 saturated carbocycles. The van der Waals surface area contributed by atoms with E-state index in [1.165, 1.54) is 31.4 Å². The van der Waals surface area contributed by atoms with Crippen LogP contribution in [0.25, 0.3) is 6.08 Å². The number of barbiturate groups is 1. The Hall–Kier alpha value is -3.97. The number of anilines is 1. The number of imide groups is 2. The van der Waals surface area contributed by atoms with Gasteiger partial charge in [0.15, 0.2) is 0 Å². The smallest absolute Gasteiger partial charge is 0.335 e. The minimum atomic E-state index is -0.854. The van der Waals surface area contributed by atoms with Crippen molar-refractivity contribution in [1.82, 2.24) is 5.32 Å². The van der Waals surface area contributed by atoms with Crippen molar-refractivity contribution in [2.45, 2.75) is 6.42 Å². The molecule has 3 aromatic carbocycles. The molecule has 6 nitrogen and oxygen atoms in total. The third kappa shape index (κ3) is 4.78. The number of carbonyl (C=O) groups excluding carboxylic acids is 3. The predicted molar refractivity (Wildman–Crippen MR) is 123 cm³/mol. The highest BCUT2D eigenvalue weighted by atomic mass is 35.5. The van der Waals surface area contributed by atoms with Gasteiger partial charge in [0.1, 0.15) is 17.1 Å². The second-order valence-electron chi connectivity index (χ2n) is 7.32. The van der Waals surface area contributed by atoms with Crippen LogP contribution in [0.5, 0.6) is 5.75 Å². The molecular formula is C25H18ClFN2O4. The maximum atomic E-state index is 13.5. The lowest BCUT2D eigenvalue weighted by Crippen LogP contribution is -2.54. The number of rotatable bonds is 5. The van der Waals surface area contributed by atoms with Crippen LogP contribution in [0.15, 0.2) is 72.3 Å². The number of hydrogen-bond donors (Lipinski definition) is 1. The fourth-order valence-electron chi connectivity index (χ4n) is 3.54. The van der Waals surface area contributed by atoms with Crippen LogP contribution in [0.3, 0.4) is 0 Å². The van der Waals surface area contributed by atoms with Crippen LogP contribution in [0.4, 0.5) is 14.9 Å². The average molecular weight is 465 g/mol. The lowest BCUT2D eigenvalue weighted by atomic mass is 10.0. The van der Waals surface area contributed by atoms with Crippen LogP contribution < -0.4 is 15.0 Å². The lowest BCUT2D eigenvalue weighted by Gasteiger charge is -2.26. The number of carbonyl (C=O) groups is 3. The molecule has 4 rings (SSSR count). The van der Waals surface area contributed by atoms with Crippen molar-refractivity contribution in [1.29, 1.82) is 0 Å². The van der Waals surface area contributed by atoms with Crippen LogP contribution in [-0.2, 0) is 16.0 Å². The van der Waals surface area contributed by atoms with Gasteiger partial charge in [-0.25, -0.2) is 14.1 Å². The largest absolute Gasteiger partial charge is 0.496 e. The number of methoxy groups -OCH3 is 1. The Labute approximate surface area is 194 Å². The number of ether oxygens (including phenoxy) is 1. The van der Waals surface area contributed by atoms with Crippen LogP contribution >= 0.6 is 11.6 Å². The van der Waals surface area contributed by atoms with Crippen LogP contribution in [0, 0.1) is 5.82 Å². The monoisotopic (exact) mass is 464 g/mol. The number of hydrogen-bond acceptors (Lipinski definition) is 4.